The quantitative estimate of drug-likeness (QED) is 0.727. The summed E-state index contributed by atoms with van der Waals surface area (Å²) in [7, 11) is 0. The number of benzene rings is 1. The third-order valence-electron chi connectivity index (χ3n) is 2.20. The zero-order valence-electron chi connectivity index (χ0n) is 8.15. The van der Waals surface area contributed by atoms with E-state index in [2.05, 4.69) is 4.98 Å². The fraction of sp³-hybridized carbons (Fsp3) is 0. The molecule has 0 unspecified atom stereocenters. The number of aromatic nitrogens is 1. The Kier molecular flexibility index (Phi) is 2.72. The Morgan fingerprint density at radius 3 is 2.62 bits per heavy atom. The first-order valence-corrected chi connectivity index (χ1v) is 4.57. The van der Waals surface area contributed by atoms with E-state index in [4.69, 9.17) is 0 Å². The summed E-state index contributed by atoms with van der Waals surface area (Å²) in [5, 5.41) is 0. The van der Waals surface area contributed by atoms with Crippen molar-refractivity contribution in [2.24, 2.45) is 0 Å². The van der Waals surface area contributed by atoms with Gasteiger partial charge in [-0.2, -0.15) is 0 Å². The molecule has 16 heavy (non-hydrogen) atoms. The monoisotopic (exact) mass is 219 g/mol. The molecule has 4 heteroatoms. The number of nitrogens with zero attached hydrogens (tertiary/aromatic N) is 1. The molecule has 0 aliphatic heterocycles. The van der Waals surface area contributed by atoms with Gasteiger partial charge >= 0.3 is 0 Å². The van der Waals surface area contributed by atoms with Crippen LogP contribution in [-0.2, 0) is 0 Å². The Morgan fingerprint density at radius 1 is 1.12 bits per heavy atom. The Balaban J connectivity index is 2.65. The number of rotatable bonds is 2. The molecule has 0 fully saturated rings. The number of halogens is 2. The van der Waals surface area contributed by atoms with E-state index >= 15 is 0 Å². The van der Waals surface area contributed by atoms with Crippen molar-refractivity contribution < 1.29 is 13.6 Å². The molecular weight excluding hydrogens is 212 g/mol. The van der Waals surface area contributed by atoms with E-state index in [9.17, 15) is 13.6 Å². The molecule has 2 nitrogen and oxygen atoms in total. The molecule has 2 aromatic rings. The van der Waals surface area contributed by atoms with Gasteiger partial charge < -0.3 is 0 Å². The maximum atomic E-state index is 13.4. The second-order valence-corrected chi connectivity index (χ2v) is 3.20. The lowest BCUT2D eigenvalue weighted by Gasteiger charge is -2.05. The first-order chi connectivity index (χ1) is 7.72. The van der Waals surface area contributed by atoms with E-state index in [-0.39, 0.29) is 11.1 Å². The number of aldehydes is 1. The minimum atomic E-state index is -0.544. The van der Waals surface area contributed by atoms with Gasteiger partial charge in [-0.15, -0.1) is 0 Å². The molecule has 0 bridgehead atoms. The SMILES string of the molecule is O=Cc1cc(F)ccc1-c1ccncc1F. The van der Waals surface area contributed by atoms with Gasteiger partial charge in [0.1, 0.15) is 11.6 Å². The molecule has 0 saturated heterocycles. The normalized spacial score (nSPS) is 10.1. The molecule has 0 aliphatic rings. The largest absolute Gasteiger partial charge is 0.298 e. The molecule has 0 N–H and O–H groups in total. The zero-order valence-corrected chi connectivity index (χ0v) is 8.15. The van der Waals surface area contributed by atoms with Crippen molar-refractivity contribution in [3.8, 4) is 11.1 Å². The maximum Gasteiger partial charge on any atom is 0.150 e. The van der Waals surface area contributed by atoms with Crippen LogP contribution in [0.1, 0.15) is 10.4 Å². The van der Waals surface area contributed by atoms with Crippen molar-refractivity contribution in [1.29, 1.82) is 0 Å². The van der Waals surface area contributed by atoms with Crippen molar-refractivity contribution >= 4 is 6.29 Å². The highest BCUT2D eigenvalue weighted by Crippen LogP contribution is 2.25. The van der Waals surface area contributed by atoms with Gasteiger partial charge in [0.05, 0.1) is 6.20 Å². The van der Waals surface area contributed by atoms with Crippen LogP contribution in [0.25, 0.3) is 11.1 Å². The Bertz CT molecular complexity index is 540. The van der Waals surface area contributed by atoms with E-state index in [1.807, 2.05) is 0 Å². The van der Waals surface area contributed by atoms with Gasteiger partial charge in [-0.05, 0) is 23.8 Å². The maximum absolute atomic E-state index is 13.4. The highest BCUT2D eigenvalue weighted by molar-refractivity contribution is 5.87. The average Bonchev–Trinajstić information content (AvgIpc) is 2.30. The molecular formula is C12H7F2NO. The van der Waals surface area contributed by atoms with Gasteiger partial charge in [0.2, 0.25) is 0 Å². The van der Waals surface area contributed by atoms with E-state index < -0.39 is 11.6 Å². The standard InChI is InChI=1S/C12H7F2NO/c13-9-1-2-10(8(5-9)7-16)11-3-4-15-6-12(11)14/h1-7H. The number of carbonyl (C=O) groups excluding carboxylic acids is 1. The van der Waals surface area contributed by atoms with Crippen LogP contribution in [0.2, 0.25) is 0 Å². The summed E-state index contributed by atoms with van der Waals surface area (Å²) in [5.41, 5.74) is 0.707. The second kappa shape index (κ2) is 4.18. The van der Waals surface area contributed by atoms with Gasteiger partial charge in [-0.3, -0.25) is 9.78 Å². The molecule has 80 valence electrons. The van der Waals surface area contributed by atoms with Crippen LogP contribution < -0.4 is 0 Å². The van der Waals surface area contributed by atoms with Crippen LogP contribution in [0.15, 0.2) is 36.7 Å². The van der Waals surface area contributed by atoms with Crippen LogP contribution in [0.3, 0.4) is 0 Å². The fourth-order valence-electron chi connectivity index (χ4n) is 1.47. The number of pyridine rings is 1. The molecule has 0 aliphatic carbocycles. The summed E-state index contributed by atoms with van der Waals surface area (Å²) in [6.45, 7) is 0. The molecule has 0 saturated carbocycles. The fourth-order valence-corrected chi connectivity index (χ4v) is 1.47. The van der Waals surface area contributed by atoms with E-state index in [1.165, 1.54) is 24.4 Å². The molecule has 1 heterocycles. The predicted octanol–water partition coefficient (Wildman–Crippen LogP) is 2.84. The van der Waals surface area contributed by atoms with Gasteiger partial charge in [-0.25, -0.2) is 8.78 Å². The predicted molar refractivity (Wildman–Crippen MR) is 55.0 cm³/mol. The van der Waals surface area contributed by atoms with E-state index in [0.717, 1.165) is 12.3 Å². The van der Waals surface area contributed by atoms with Crippen molar-refractivity contribution in [2.75, 3.05) is 0 Å². The van der Waals surface area contributed by atoms with Gasteiger partial charge in [0.15, 0.2) is 6.29 Å². The Morgan fingerprint density at radius 2 is 1.94 bits per heavy atom. The Hall–Kier alpha value is -2.10. The highest BCUT2D eigenvalue weighted by Gasteiger charge is 2.09. The van der Waals surface area contributed by atoms with Crippen molar-refractivity contribution in [3.05, 3.63) is 53.9 Å². The van der Waals surface area contributed by atoms with Crippen LogP contribution in [0.4, 0.5) is 8.78 Å². The van der Waals surface area contributed by atoms with E-state index in [0.29, 0.717) is 11.8 Å². The summed E-state index contributed by atoms with van der Waals surface area (Å²) in [6, 6.07) is 5.07. The molecule has 1 aromatic heterocycles. The van der Waals surface area contributed by atoms with Crippen molar-refractivity contribution in [2.45, 2.75) is 0 Å². The lowest BCUT2D eigenvalue weighted by atomic mass is 10.0. The van der Waals surface area contributed by atoms with Crippen LogP contribution in [0.5, 0.6) is 0 Å². The van der Waals surface area contributed by atoms with Gasteiger partial charge in [0.25, 0.3) is 0 Å². The van der Waals surface area contributed by atoms with Gasteiger partial charge in [-0.1, -0.05) is 6.07 Å². The first kappa shape index (κ1) is 10.4. The number of carbonyl (C=O) groups is 1. The average molecular weight is 219 g/mol. The first-order valence-electron chi connectivity index (χ1n) is 4.57. The minimum absolute atomic E-state index is 0.116. The topological polar surface area (TPSA) is 30.0 Å². The van der Waals surface area contributed by atoms with Crippen molar-refractivity contribution in [1.82, 2.24) is 4.98 Å². The molecule has 0 spiro atoms. The summed E-state index contributed by atoms with van der Waals surface area (Å²) in [4.78, 5) is 14.4. The summed E-state index contributed by atoms with van der Waals surface area (Å²) >= 11 is 0. The van der Waals surface area contributed by atoms with Crippen LogP contribution in [0, 0.1) is 11.6 Å². The second-order valence-electron chi connectivity index (χ2n) is 3.20. The number of hydrogen-bond acceptors (Lipinski definition) is 2. The lowest BCUT2D eigenvalue weighted by Crippen LogP contribution is -1.92. The third kappa shape index (κ3) is 1.82. The van der Waals surface area contributed by atoms with Crippen LogP contribution in [-0.4, -0.2) is 11.3 Å². The highest BCUT2D eigenvalue weighted by atomic mass is 19.1. The molecule has 0 amide bonds. The third-order valence-corrected chi connectivity index (χ3v) is 2.20. The number of hydrogen-bond donors (Lipinski definition) is 0. The molecule has 0 atom stereocenters. The summed E-state index contributed by atoms with van der Waals surface area (Å²) < 4.78 is 26.3. The molecule has 2 rings (SSSR count). The molecule has 1 aromatic carbocycles. The minimum Gasteiger partial charge on any atom is -0.298 e. The van der Waals surface area contributed by atoms with Crippen LogP contribution >= 0.6 is 0 Å². The lowest BCUT2D eigenvalue weighted by molar-refractivity contribution is 0.112. The molecule has 0 radical (unpaired) electrons. The smallest absolute Gasteiger partial charge is 0.150 e. The summed E-state index contributed by atoms with van der Waals surface area (Å²) in [5.74, 6) is -1.07. The van der Waals surface area contributed by atoms with Gasteiger partial charge in [0, 0.05) is 17.3 Å². The van der Waals surface area contributed by atoms with E-state index in [1.54, 1.807) is 0 Å². The van der Waals surface area contributed by atoms with Crippen molar-refractivity contribution in [3.63, 3.8) is 0 Å². The summed E-state index contributed by atoms with van der Waals surface area (Å²) in [6.07, 6.45) is 2.96. The Labute approximate surface area is 90.6 Å². The zero-order chi connectivity index (χ0) is 11.5.